The van der Waals surface area contributed by atoms with Crippen molar-refractivity contribution in [1.29, 1.82) is 0 Å². The molecule has 0 amide bonds. The fraction of sp³-hybridized carbons (Fsp3) is 0.167. The van der Waals surface area contributed by atoms with Crippen molar-refractivity contribution in [2.45, 2.75) is 24.5 Å². The van der Waals surface area contributed by atoms with Gasteiger partial charge in [-0.15, -0.1) is 0 Å². The number of carbonyl (C=O) groups is 1. The van der Waals surface area contributed by atoms with Crippen LogP contribution in [0.2, 0.25) is 0 Å². The Balaban J connectivity index is 2.06. The van der Waals surface area contributed by atoms with Crippen molar-refractivity contribution in [2.75, 3.05) is 0 Å². The van der Waals surface area contributed by atoms with Crippen molar-refractivity contribution in [1.82, 2.24) is 0 Å². The number of hydrogen-bond donors (Lipinski definition) is 0. The SMILES string of the molecule is CC1(C)OC(=O)C(Sc2ccccc2)=C(c2ccccc2)O1. The lowest BCUT2D eigenvalue weighted by atomic mass is 10.1. The van der Waals surface area contributed by atoms with E-state index in [-0.39, 0.29) is 5.97 Å². The van der Waals surface area contributed by atoms with Gasteiger partial charge in [0.1, 0.15) is 4.91 Å². The highest BCUT2D eigenvalue weighted by Gasteiger charge is 2.37. The van der Waals surface area contributed by atoms with Crippen molar-refractivity contribution in [3.63, 3.8) is 0 Å². The van der Waals surface area contributed by atoms with Crippen LogP contribution in [0.1, 0.15) is 19.4 Å². The summed E-state index contributed by atoms with van der Waals surface area (Å²) < 4.78 is 11.3. The molecule has 0 aromatic heterocycles. The molecule has 3 nitrogen and oxygen atoms in total. The number of ether oxygens (including phenoxy) is 2. The smallest absolute Gasteiger partial charge is 0.352 e. The minimum absolute atomic E-state index is 0.357. The molecule has 0 saturated carbocycles. The minimum Gasteiger partial charge on any atom is -0.451 e. The van der Waals surface area contributed by atoms with Gasteiger partial charge in [0.2, 0.25) is 5.79 Å². The van der Waals surface area contributed by atoms with Crippen LogP contribution in [0.3, 0.4) is 0 Å². The van der Waals surface area contributed by atoms with Crippen LogP contribution < -0.4 is 0 Å². The molecule has 4 heteroatoms. The Labute approximate surface area is 133 Å². The number of carbonyl (C=O) groups excluding carboxylic acids is 1. The molecule has 0 fully saturated rings. The standard InChI is InChI=1S/C18H16O3S/c1-18(2)20-15(13-9-5-3-6-10-13)16(17(19)21-18)22-14-11-7-4-8-12-14/h3-12H,1-2H3. The first-order valence-electron chi connectivity index (χ1n) is 7.00. The molecule has 1 aliphatic rings. The first-order chi connectivity index (χ1) is 10.6. The monoisotopic (exact) mass is 312 g/mol. The van der Waals surface area contributed by atoms with E-state index < -0.39 is 5.79 Å². The summed E-state index contributed by atoms with van der Waals surface area (Å²) in [7, 11) is 0. The molecule has 0 aliphatic carbocycles. The van der Waals surface area contributed by atoms with E-state index in [1.165, 1.54) is 11.8 Å². The highest BCUT2D eigenvalue weighted by molar-refractivity contribution is 8.04. The Bertz CT molecular complexity index is 706. The largest absolute Gasteiger partial charge is 0.451 e. The number of cyclic esters (lactones) is 1. The Morgan fingerprint density at radius 3 is 2.09 bits per heavy atom. The summed E-state index contributed by atoms with van der Waals surface area (Å²) in [5.74, 6) is -0.761. The molecule has 0 saturated heterocycles. The van der Waals surface area contributed by atoms with E-state index in [0.717, 1.165) is 10.5 Å². The van der Waals surface area contributed by atoms with Crippen LogP contribution >= 0.6 is 11.8 Å². The van der Waals surface area contributed by atoms with Crippen LogP contribution in [-0.2, 0) is 14.3 Å². The third-order valence-electron chi connectivity index (χ3n) is 3.08. The van der Waals surface area contributed by atoms with Gasteiger partial charge in [0.25, 0.3) is 0 Å². The summed E-state index contributed by atoms with van der Waals surface area (Å²) in [6.45, 7) is 3.47. The van der Waals surface area contributed by atoms with Crippen LogP contribution in [0.15, 0.2) is 70.5 Å². The van der Waals surface area contributed by atoms with E-state index in [9.17, 15) is 4.79 Å². The van der Waals surface area contributed by atoms with Gasteiger partial charge in [0.15, 0.2) is 5.76 Å². The Kier molecular flexibility index (Phi) is 3.94. The van der Waals surface area contributed by atoms with Crippen LogP contribution in [0.25, 0.3) is 5.76 Å². The molecular weight excluding hydrogens is 296 g/mol. The highest BCUT2D eigenvalue weighted by atomic mass is 32.2. The van der Waals surface area contributed by atoms with E-state index in [4.69, 9.17) is 9.47 Å². The summed E-state index contributed by atoms with van der Waals surface area (Å²) in [4.78, 5) is 13.9. The fourth-order valence-electron chi connectivity index (χ4n) is 2.15. The zero-order valence-electron chi connectivity index (χ0n) is 12.4. The molecule has 0 atom stereocenters. The van der Waals surface area contributed by atoms with Gasteiger partial charge >= 0.3 is 5.97 Å². The molecule has 0 spiro atoms. The van der Waals surface area contributed by atoms with Gasteiger partial charge in [-0.05, 0) is 12.1 Å². The lowest BCUT2D eigenvalue weighted by Gasteiger charge is -2.33. The van der Waals surface area contributed by atoms with Gasteiger partial charge in [-0.1, -0.05) is 60.3 Å². The van der Waals surface area contributed by atoms with Crippen molar-refractivity contribution in [3.05, 3.63) is 71.1 Å². The summed E-state index contributed by atoms with van der Waals surface area (Å²) in [6, 6.07) is 19.3. The van der Waals surface area contributed by atoms with Gasteiger partial charge in [0.05, 0.1) is 0 Å². The van der Waals surface area contributed by atoms with Gasteiger partial charge in [-0.3, -0.25) is 0 Å². The van der Waals surface area contributed by atoms with Crippen molar-refractivity contribution < 1.29 is 14.3 Å². The number of esters is 1. The zero-order chi connectivity index (χ0) is 15.6. The van der Waals surface area contributed by atoms with Gasteiger partial charge in [0, 0.05) is 24.3 Å². The summed E-state index contributed by atoms with van der Waals surface area (Å²) in [5.41, 5.74) is 0.866. The predicted octanol–water partition coefficient (Wildman–Crippen LogP) is 4.46. The number of thioether (sulfide) groups is 1. The topological polar surface area (TPSA) is 35.5 Å². The van der Waals surface area contributed by atoms with Crippen molar-refractivity contribution in [3.8, 4) is 0 Å². The van der Waals surface area contributed by atoms with Gasteiger partial charge in [-0.25, -0.2) is 4.79 Å². The molecule has 2 aromatic rings. The maximum absolute atomic E-state index is 12.4. The molecule has 22 heavy (non-hydrogen) atoms. The second kappa shape index (κ2) is 5.89. The van der Waals surface area contributed by atoms with E-state index >= 15 is 0 Å². The van der Waals surface area contributed by atoms with Crippen LogP contribution in [0, 0.1) is 0 Å². The first-order valence-corrected chi connectivity index (χ1v) is 7.82. The Morgan fingerprint density at radius 1 is 0.864 bits per heavy atom. The molecule has 2 aromatic carbocycles. The third-order valence-corrected chi connectivity index (χ3v) is 4.14. The molecule has 0 unspecified atom stereocenters. The first kappa shape index (κ1) is 14.7. The average molecular weight is 312 g/mol. The van der Waals surface area contributed by atoms with Gasteiger partial charge < -0.3 is 9.47 Å². The number of benzene rings is 2. The summed E-state index contributed by atoms with van der Waals surface area (Å²) in [6.07, 6.45) is 0. The lowest BCUT2D eigenvalue weighted by molar-refractivity contribution is -0.194. The molecule has 3 rings (SSSR count). The van der Waals surface area contributed by atoms with Crippen LogP contribution in [-0.4, -0.2) is 11.8 Å². The van der Waals surface area contributed by atoms with Crippen molar-refractivity contribution >= 4 is 23.5 Å². The molecule has 0 N–H and O–H groups in total. The number of hydrogen-bond acceptors (Lipinski definition) is 4. The molecule has 0 bridgehead atoms. The van der Waals surface area contributed by atoms with Crippen LogP contribution in [0.4, 0.5) is 0 Å². The molecule has 112 valence electrons. The molecule has 0 radical (unpaired) electrons. The molecule has 1 heterocycles. The predicted molar refractivity (Wildman–Crippen MR) is 86.9 cm³/mol. The summed E-state index contributed by atoms with van der Waals surface area (Å²) >= 11 is 1.36. The maximum Gasteiger partial charge on any atom is 0.352 e. The average Bonchev–Trinajstić information content (AvgIpc) is 2.51. The van der Waals surface area contributed by atoms with Crippen molar-refractivity contribution in [2.24, 2.45) is 0 Å². The molecule has 1 aliphatic heterocycles. The number of rotatable bonds is 3. The third kappa shape index (κ3) is 3.17. The Morgan fingerprint density at radius 2 is 1.45 bits per heavy atom. The molecular formula is C18H16O3S. The normalized spacial score (nSPS) is 16.9. The van der Waals surface area contributed by atoms with E-state index in [2.05, 4.69) is 0 Å². The fourth-order valence-corrected chi connectivity index (χ4v) is 3.06. The Hall–Kier alpha value is -2.20. The maximum atomic E-state index is 12.4. The highest BCUT2D eigenvalue weighted by Crippen LogP contribution is 2.40. The second-order valence-corrected chi connectivity index (χ2v) is 6.41. The minimum atomic E-state index is -0.969. The zero-order valence-corrected chi connectivity index (χ0v) is 13.2. The second-order valence-electron chi connectivity index (χ2n) is 5.33. The van der Waals surface area contributed by atoms with E-state index in [0.29, 0.717) is 10.7 Å². The van der Waals surface area contributed by atoms with Crippen LogP contribution in [0.5, 0.6) is 0 Å². The van der Waals surface area contributed by atoms with E-state index in [1.807, 2.05) is 60.7 Å². The lowest BCUT2D eigenvalue weighted by Crippen LogP contribution is -2.35. The van der Waals surface area contributed by atoms with E-state index in [1.54, 1.807) is 13.8 Å². The quantitative estimate of drug-likeness (QED) is 0.784. The van der Waals surface area contributed by atoms with Gasteiger partial charge in [-0.2, -0.15) is 0 Å². The summed E-state index contributed by atoms with van der Waals surface area (Å²) in [5, 5.41) is 0.